The van der Waals surface area contributed by atoms with E-state index in [0.29, 0.717) is 24.5 Å². The van der Waals surface area contributed by atoms with Crippen molar-refractivity contribution in [3.8, 4) is 5.75 Å². The molecule has 2 atom stereocenters. The summed E-state index contributed by atoms with van der Waals surface area (Å²) in [6.45, 7) is 2.76. The maximum Gasteiger partial charge on any atom is 0.231 e. The lowest BCUT2D eigenvalue weighted by molar-refractivity contribution is -0.142. The number of rotatable bonds is 7. The average molecular weight is 438 g/mol. The molecule has 0 saturated carbocycles. The Balaban J connectivity index is 1.63. The maximum atomic E-state index is 13.4. The van der Waals surface area contributed by atoms with Gasteiger partial charge in [-0.15, -0.1) is 0 Å². The molecule has 0 bridgehead atoms. The number of unbranched alkanes of at least 4 members (excludes halogenated alkanes) is 1. The summed E-state index contributed by atoms with van der Waals surface area (Å²) in [5, 5.41) is 3.61. The molecule has 1 saturated heterocycles. The quantitative estimate of drug-likeness (QED) is 0.563. The molecule has 1 aromatic heterocycles. The zero-order chi connectivity index (χ0) is 21.8. The van der Waals surface area contributed by atoms with Gasteiger partial charge in [0.25, 0.3) is 0 Å². The van der Waals surface area contributed by atoms with Crippen LogP contribution in [0.25, 0.3) is 10.2 Å². The lowest BCUT2D eigenvalue weighted by Gasteiger charge is -2.41. The Morgan fingerprint density at radius 2 is 2.00 bits per heavy atom. The van der Waals surface area contributed by atoms with E-state index in [4.69, 9.17) is 4.74 Å². The summed E-state index contributed by atoms with van der Waals surface area (Å²) in [5.41, 5.74) is 1.83. The number of carbonyl (C=O) groups excluding carboxylic acids is 2. The number of likely N-dealkylation sites (tertiary alicyclic amines) is 1. The van der Waals surface area contributed by atoms with E-state index < -0.39 is 0 Å². The minimum atomic E-state index is -0.338. The van der Waals surface area contributed by atoms with Crippen LogP contribution in [0.3, 0.4) is 0 Å². The van der Waals surface area contributed by atoms with Crippen LogP contribution in [-0.4, -0.2) is 35.4 Å². The van der Waals surface area contributed by atoms with Gasteiger partial charge in [-0.3, -0.25) is 9.59 Å². The van der Waals surface area contributed by atoms with Crippen LogP contribution >= 0.6 is 11.3 Å². The number of hydrogen-bond acceptors (Lipinski definition) is 5. The maximum absolute atomic E-state index is 13.4. The van der Waals surface area contributed by atoms with Crippen molar-refractivity contribution in [2.45, 2.75) is 38.6 Å². The van der Waals surface area contributed by atoms with Gasteiger partial charge in [-0.1, -0.05) is 48.9 Å². The second-order valence-corrected chi connectivity index (χ2v) is 8.81. The summed E-state index contributed by atoms with van der Waals surface area (Å²) in [4.78, 5) is 32.6. The molecule has 2 amide bonds. The van der Waals surface area contributed by atoms with Gasteiger partial charge in [0.2, 0.25) is 11.8 Å². The fourth-order valence-electron chi connectivity index (χ4n) is 4.16. The number of ether oxygens (including phenoxy) is 1. The number of aromatic nitrogens is 1. The molecule has 2 aromatic carbocycles. The topological polar surface area (TPSA) is 71.5 Å². The molecule has 4 rings (SSSR count). The normalized spacial score (nSPS) is 18.9. The molecule has 0 spiro atoms. The Bertz CT molecular complexity index is 1030. The van der Waals surface area contributed by atoms with Gasteiger partial charge < -0.3 is 15.0 Å². The van der Waals surface area contributed by atoms with E-state index in [2.05, 4.69) is 17.2 Å². The first-order valence-electron chi connectivity index (χ1n) is 10.7. The Morgan fingerprint density at radius 1 is 1.23 bits per heavy atom. The highest BCUT2D eigenvalue weighted by Crippen LogP contribution is 2.38. The first kappa shape index (κ1) is 21.3. The largest absolute Gasteiger partial charge is 0.497 e. The smallest absolute Gasteiger partial charge is 0.231 e. The fourth-order valence-corrected chi connectivity index (χ4v) is 5.03. The molecule has 1 fully saturated rings. The molecule has 31 heavy (non-hydrogen) atoms. The minimum absolute atomic E-state index is 0.0890. The summed E-state index contributed by atoms with van der Waals surface area (Å²) >= 11 is 1.47. The predicted molar refractivity (Wildman–Crippen MR) is 123 cm³/mol. The van der Waals surface area contributed by atoms with Gasteiger partial charge in [0.15, 0.2) is 5.13 Å². The van der Waals surface area contributed by atoms with Crippen LogP contribution in [0.4, 0.5) is 5.13 Å². The molecular weight excluding hydrogens is 410 g/mol. The first-order valence-corrected chi connectivity index (χ1v) is 11.5. The van der Waals surface area contributed by atoms with Crippen LogP contribution in [0.2, 0.25) is 0 Å². The van der Waals surface area contributed by atoms with Crippen molar-refractivity contribution in [1.82, 2.24) is 9.88 Å². The van der Waals surface area contributed by atoms with E-state index in [1.165, 1.54) is 11.3 Å². The van der Waals surface area contributed by atoms with E-state index in [-0.39, 0.29) is 23.8 Å². The number of anilines is 1. The standard InChI is InChI=1S/C24H27N3O3S/c1-3-4-15-27-21(28)14-13-18(22(27)16-9-11-17(30-2)12-10-16)23(29)26-24-25-19-7-5-6-8-20(19)31-24/h5-12,18,22H,3-4,13-15H2,1-2H3,(H,25,26,29)/t18-,22-/m1/s1. The van der Waals surface area contributed by atoms with Crippen molar-refractivity contribution < 1.29 is 14.3 Å². The summed E-state index contributed by atoms with van der Waals surface area (Å²) in [6.07, 6.45) is 2.80. The summed E-state index contributed by atoms with van der Waals surface area (Å²) < 4.78 is 6.32. The Labute approximate surface area is 186 Å². The number of nitrogens with zero attached hydrogens (tertiary/aromatic N) is 2. The molecule has 0 radical (unpaired) electrons. The Morgan fingerprint density at radius 3 is 2.71 bits per heavy atom. The number of nitrogens with one attached hydrogen (secondary N) is 1. The minimum Gasteiger partial charge on any atom is -0.497 e. The van der Waals surface area contributed by atoms with Crippen molar-refractivity contribution in [2.75, 3.05) is 19.0 Å². The molecule has 2 heterocycles. The van der Waals surface area contributed by atoms with Crippen LogP contribution < -0.4 is 10.1 Å². The van der Waals surface area contributed by atoms with E-state index >= 15 is 0 Å². The molecule has 1 aliphatic rings. The number of para-hydroxylation sites is 1. The monoisotopic (exact) mass is 437 g/mol. The summed E-state index contributed by atoms with van der Waals surface area (Å²) in [7, 11) is 1.63. The molecule has 1 N–H and O–H groups in total. The van der Waals surface area contributed by atoms with Crippen molar-refractivity contribution in [3.05, 3.63) is 54.1 Å². The van der Waals surface area contributed by atoms with E-state index in [1.807, 2.05) is 53.4 Å². The number of piperidine rings is 1. The molecule has 6 nitrogen and oxygen atoms in total. The van der Waals surface area contributed by atoms with Crippen LogP contribution in [0.5, 0.6) is 5.75 Å². The van der Waals surface area contributed by atoms with Gasteiger partial charge in [0.05, 0.1) is 29.3 Å². The lowest BCUT2D eigenvalue weighted by Crippen LogP contribution is -2.47. The van der Waals surface area contributed by atoms with Crippen LogP contribution in [0, 0.1) is 5.92 Å². The molecule has 0 aliphatic carbocycles. The molecule has 1 aliphatic heterocycles. The van der Waals surface area contributed by atoms with Gasteiger partial charge in [0.1, 0.15) is 5.75 Å². The van der Waals surface area contributed by atoms with Gasteiger partial charge in [0, 0.05) is 13.0 Å². The SMILES string of the molecule is CCCCN1C(=O)CC[C@@H](C(=O)Nc2nc3ccccc3s2)[C@H]1c1ccc(OC)cc1. The molecule has 162 valence electrons. The second kappa shape index (κ2) is 9.47. The van der Waals surface area contributed by atoms with Crippen LogP contribution in [0.15, 0.2) is 48.5 Å². The number of carbonyl (C=O) groups is 2. The second-order valence-electron chi connectivity index (χ2n) is 7.78. The third-order valence-corrected chi connectivity index (χ3v) is 6.73. The molecular formula is C24H27N3O3S. The fraction of sp³-hybridized carbons (Fsp3) is 0.375. The van der Waals surface area contributed by atoms with Crippen molar-refractivity contribution >= 4 is 38.5 Å². The molecule has 0 unspecified atom stereocenters. The highest BCUT2D eigenvalue weighted by Gasteiger charge is 2.40. The lowest BCUT2D eigenvalue weighted by atomic mass is 9.83. The number of fused-ring (bicyclic) bond motifs is 1. The van der Waals surface area contributed by atoms with Gasteiger partial charge in [-0.25, -0.2) is 4.98 Å². The number of hydrogen-bond donors (Lipinski definition) is 1. The van der Waals surface area contributed by atoms with E-state index in [0.717, 1.165) is 34.4 Å². The van der Waals surface area contributed by atoms with Crippen molar-refractivity contribution in [3.63, 3.8) is 0 Å². The third kappa shape index (κ3) is 4.56. The number of amides is 2. The van der Waals surface area contributed by atoms with E-state index in [9.17, 15) is 9.59 Å². The van der Waals surface area contributed by atoms with Crippen LogP contribution in [-0.2, 0) is 9.59 Å². The van der Waals surface area contributed by atoms with E-state index in [1.54, 1.807) is 7.11 Å². The number of methoxy groups -OCH3 is 1. The zero-order valence-corrected chi connectivity index (χ0v) is 18.7. The summed E-state index contributed by atoms with van der Waals surface area (Å²) in [5.74, 6) is 0.434. The zero-order valence-electron chi connectivity index (χ0n) is 17.8. The van der Waals surface area contributed by atoms with Crippen LogP contribution in [0.1, 0.15) is 44.2 Å². The first-order chi connectivity index (χ1) is 15.1. The van der Waals surface area contributed by atoms with Gasteiger partial charge >= 0.3 is 0 Å². The third-order valence-electron chi connectivity index (χ3n) is 5.78. The van der Waals surface area contributed by atoms with Crippen molar-refractivity contribution in [2.24, 2.45) is 5.92 Å². The highest BCUT2D eigenvalue weighted by molar-refractivity contribution is 7.22. The highest BCUT2D eigenvalue weighted by atomic mass is 32.1. The van der Waals surface area contributed by atoms with Gasteiger partial charge in [-0.2, -0.15) is 0 Å². The number of thiazole rings is 1. The van der Waals surface area contributed by atoms with Crippen molar-refractivity contribution in [1.29, 1.82) is 0 Å². The Kier molecular flexibility index (Phi) is 6.51. The molecule has 3 aromatic rings. The molecule has 7 heteroatoms. The average Bonchev–Trinajstić information content (AvgIpc) is 3.20. The number of benzene rings is 2. The van der Waals surface area contributed by atoms with Gasteiger partial charge in [-0.05, 0) is 42.7 Å². The summed E-state index contributed by atoms with van der Waals surface area (Å²) in [6, 6.07) is 15.2. The Hall–Kier alpha value is -2.93. The predicted octanol–water partition coefficient (Wildman–Crippen LogP) is 5.02.